The Morgan fingerprint density at radius 1 is 1.24 bits per heavy atom. The van der Waals surface area contributed by atoms with Crippen LogP contribution in [0.2, 0.25) is 5.02 Å². The molecule has 0 aliphatic carbocycles. The van der Waals surface area contributed by atoms with E-state index in [2.05, 4.69) is 31.5 Å². The fraction of sp³-hybridized carbons (Fsp3) is 0. The van der Waals surface area contributed by atoms with Crippen molar-refractivity contribution in [1.29, 1.82) is 0 Å². The number of rotatable bonds is 2. The van der Waals surface area contributed by atoms with Gasteiger partial charge in [-0.3, -0.25) is 0 Å². The van der Waals surface area contributed by atoms with E-state index in [1.807, 2.05) is 0 Å². The average Bonchev–Trinajstić information content (AvgIpc) is 2.87. The summed E-state index contributed by atoms with van der Waals surface area (Å²) in [6.07, 6.45) is 0. The monoisotopic (exact) mass is 367 g/mol. The number of nitrogen functional groups attached to an aromatic ring is 1. The fourth-order valence-corrected chi connectivity index (χ4v) is 2.62. The molecule has 8 heteroatoms. The molecule has 0 saturated heterocycles. The highest BCUT2D eigenvalue weighted by atomic mass is 79.9. The van der Waals surface area contributed by atoms with Gasteiger partial charge in [0.2, 0.25) is 0 Å². The van der Waals surface area contributed by atoms with Crippen LogP contribution >= 0.6 is 27.5 Å². The third kappa shape index (κ3) is 2.50. The third-order valence-electron chi connectivity index (χ3n) is 2.87. The predicted molar refractivity (Wildman–Crippen MR) is 81.7 cm³/mol. The molecule has 0 saturated carbocycles. The molecule has 2 N–H and O–H groups in total. The summed E-state index contributed by atoms with van der Waals surface area (Å²) in [6.45, 7) is 0. The number of nitrogens with two attached hydrogens (primary N) is 1. The van der Waals surface area contributed by atoms with Crippen molar-refractivity contribution in [2.45, 2.75) is 0 Å². The Bertz CT molecular complexity index is 800. The molecule has 0 amide bonds. The highest BCUT2D eigenvalue weighted by Gasteiger charge is 2.18. The Morgan fingerprint density at radius 3 is 2.76 bits per heavy atom. The van der Waals surface area contributed by atoms with Crippen LogP contribution in [0, 0.1) is 5.82 Å². The standard InChI is InChI=1S/C13H8BrClFN5/c14-9-2-1-3-10(16)12(9)21-13(18-19-20-21)8-5-4-7(15)6-11(8)17/h1-6H,17H2. The van der Waals surface area contributed by atoms with Gasteiger partial charge in [0.05, 0.1) is 0 Å². The summed E-state index contributed by atoms with van der Waals surface area (Å²) in [5.74, 6) is -0.125. The first-order chi connectivity index (χ1) is 10.1. The molecule has 1 aromatic heterocycles. The lowest BCUT2D eigenvalue weighted by atomic mass is 10.1. The SMILES string of the molecule is Nc1cc(Cl)ccc1-c1nnnn1-c1c(F)cccc1Br. The minimum atomic E-state index is -0.453. The van der Waals surface area contributed by atoms with Crippen molar-refractivity contribution >= 4 is 33.2 Å². The van der Waals surface area contributed by atoms with Gasteiger partial charge in [-0.2, -0.15) is 4.68 Å². The number of halogens is 3. The molecule has 21 heavy (non-hydrogen) atoms. The van der Waals surface area contributed by atoms with Gasteiger partial charge in [-0.15, -0.1) is 5.10 Å². The van der Waals surface area contributed by atoms with Gasteiger partial charge in [0.15, 0.2) is 5.82 Å². The zero-order chi connectivity index (χ0) is 15.0. The topological polar surface area (TPSA) is 69.6 Å². The van der Waals surface area contributed by atoms with Crippen LogP contribution < -0.4 is 5.73 Å². The molecule has 0 aliphatic heterocycles. The van der Waals surface area contributed by atoms with Crippen molar-refractivity contribution in [3.05, 3.63) is 51.7 Å². The van der Waals surface area contributed by atoms with E-state index in [0.717, 1.165) is 0 Å². The summed E-state index contributed by atoms with van der Waals surface area (Å²) in [5.41, 5.74) is 7.13. The Hall–Kier alpha value is -1.99. The van der Waals surface area contributed by atoms with Gasteiger partial charge in [0.25, 0.3) is 0 Å². The summed E-state index contributed by atoms with van der Waals surface area (Å²) in [5, 5.41) is 11.9. The molecular weight excluding hydrogens is 361 g/mol. The van der Waals surface area contributed by atoms with Crippen molar-refractivity contribution < 1.29 is 4.39 Å². The molecule has 106 valence electrons. The van der Waals surface area contributed by atoms with Crippen LogP contribution in [0.25, 0.3) is 17.1 Å². The van der Waals surface area contributed by atoms with Crippen molar-refractivity contribution in [1.82, 2.24) is 20.2 Å². The zero-order valence-electron chi connectivity index (χ0n) is 10.5. The number of hydrogen-bond acceptors (Lipinski definition) is 4. The second kappa shape index (κ2) is 5.42. The highest BCUT2D eigenvalue weighted by Crippen LogP contribution is 2.31. The van der Waals surface area contributed by atoms with Gasteiger partial charge >= 0.3 is 0 Å². The largest absolute Gasteiger partial charge is 0.398 e. The normalized spacial score (nSPS) is 10.8. The molecule has 1 heterocycles. The number of aromatic nitrogens is 4. The summed E-state index contributed by atoms with van der Waals surface area (Å²) in [7, 11) is 0. The van der Waals surface area contributed by atoms with Gasteiger partial charge in [0, 0.05) is 20.7 Å². The number of benzene rings is 2. The number of tetrazole rings is 1. The van der Waals surface area contributed by atoms with Crippen molar-refractivity contribution in [3.8, 4) is 17.1 Å². The molecule has 0 spiro atoms. The summed E-state index contributed by atoms with van der Waals surface area (Å²) < 4.78 is 15.9. The molecule has 2 aromatic carbocycles. The minimum Gasteiger partial charge on any atom is -0.398 e. The molecule has 0 radical (unpaired) electrons. The number of nitrogens with zero attached hydrogens (tertiary/aromatic N) is 4. The van der Waals surface area contributed by atoms with Gasteiger partial charge in [0.1, 0.15) is 11.5 Å². The molecule has 0 fully saturated rings. The van der Waals surface area contributed by atoms with E-state index >= 15 is 0 Å². The first-order valence-corrected chi connectivity index (χ1v) is 7.03. The summed E-state index contributed by atoms with van der Waals surface area (Å²) >= 11 is 9.18. The van der Waals surface area contributed by atoms with E-state index in [1.165, 1.54) is 10.7 Å². The maximum Gasteiger partial charge on any atom is 0.189 e. The van der Waals surface area contributed by atoms with Crippen molar-refractivity contribution in [2.24, 2.45) is 0 Å². The Morgan fingerprint density at radius 2 is 2.05 bits per heavy atom. The molecule has 3 aromatic rings. The lowest BCUT2D eigenvalue weighted by molar-refractivity contribution is 0.606. The summed E-state index contributed by atoms with van der Waals surface area (Å²) in [4.78, 5) is 0. The van der Waals surface area contributed by atoms with Crippen LogP contribution in [-0.4, -0.2) is 20.2 Å². The van der Waals surface area contributed by atoms with Crippen LogP contribution in [0.3, 0.4) is 0 Å². The van der Waals surface area contributed by atoms with Gasteiger partial charge in [-0.1, -0.05) is 17.7 Å². The maximum atomic E-state index is 14.1. The lowest BCUT2D eigenvalue weighted by Gasteiger charge is -2.09. The van der Waals surface area contributed by atoms with Gasteiger partial charge < -0.3 is 5.73 Å². The third-order valence-corrected chi connectivity index (χ3v) is 3.75. The van der Waals surface area contributed by atoms with E-state index in [0.29, 0.717) is 26.6 Å². The Kier molecular flexibility index (Phi) is 3.60. The molecule has 0 atom stereocenters. The minimum absolute atomic E-state index is 0.215. The van der Waals surface area contributed by atoms with Crippen LogP contribution in [-0.2, 0) is 0 Å². The van der Waals surface area contributed by atoms with Crippen LogP contribution in [0.4, 0.5) is 10.1 Å². The van der Waals surface area contributed by atoms with Gasteiger partial charge in [-0.25, -0.2) is 4.39 Å². The molecule has 0 aliphatic rings. The van der Waals surface area contributed by atoms with E-state index in [-0.39, 0.29) is 5.69 Å². The molecular formula is C13H8BrClFN5. The molecule has 0 unspecified atom stereocenters. The smallest absolute Gasteiger partial charge is 0.189 e. The second-order valence-electron chi connectivity index (χ2n) is 4.22. The Labute approximate surface area is 132 Å². The number of para-hydroxylation sites is 1. The highest BCUT2D eigenvalue weighted by molar-refractivity contribution is 9.10. The molecule has 5 nitrogen and oxygen atoms in total. The quantitative estimate of drug-likeness (QED) is 0.703. The van der Waals surface area contributed by atoms with Crippen molar-refractivity contribution in [2.75, 3.05) is 5.73 Å². The van der Waals surface area contributed by atoms with Crippen LogP contribution in [0.15, 0.2) is 40.9 Å². The van der Waals surface area contributed by atoms with E-state index in [4.69, 9.17) is 17.3 Å². The molecule has 3 rings (SSSR count). The fourth-order valence-electron chi connectivity index (χ4n) is 1.93. The van der Waals surface area contributed by atoms with E-state index < -0.39 is 5.82 Å². The molecule has 0 bridgehead atoms. The first-order valence-electron chi connectivity index (χ1n) is 5.86. The zero-order valence-corrected chi connectivity index (χ0v) is 12.8. The van der Waals surface area contributed by atoms with Crippen LogP contribution in [0.1, 0.15) is 0 Å². The predicted octanol–water partition coefficient (Wildman–Crippen LogP) is 3.47. The Balaban J connectivity index is 2.22. The van der Waals surface area contributed by atoms with E-state index in [1.54, 1.807) is 30.3 Å². The summed E-state index contributed by atoms with van der Waals surface area (Å²) in [6, 6.07) is 9.57. The first kappa shape index (κ1) is 14.0. The van der Waals surface area contributed by atoms with E-state index in [9.17, 15) is 4.39 Å². The van der Waals surface area contributed by atoms with Crippen molar-refractivity contribution in [3.63, 3.8) is 0 Å². The number of hydrogen-bond donors (Lipinski definition) is 1. The average molecular weight is 369 g/mol. The number of anilines is 1. The second-order valence-corrected chi connectivity index (χ2v) is 5.51. The maximum absolute atomic E-state index is 14.1. The van der Waals surface area contributed by atoms with Crippen LogP contribution in [0.5, 0.6) is 0 Å². The lowest BCUT2D eigenvalue weighted by Crippen LogP contribution is -2.05. The van der Waals surface area contributed by atoms with Gasteiger partial charge in [-0.05, 0) is 56.7 Å².